The van der Waals surface area contributed by atoms with Crippen LogP contribution in [-0.4, -0.2) is 31.2 Å². The predicted octanol–water partition coefficient (Wildman–Crippen LogP) is 2.58. The van der Waals surface area contributed by atoms with Crippen LogP contribution in [0.3, 0.4) is 0 Å². The highest BCUT2D eigenvalue weighted by Gasteiger charge is 2.35. The van der Waals surface area contributed by atoms with Crippen LogP contribution in [-0.2, 0) is 16.0 Å². The predicted molar refractivity (Wildman–Crippen MR) is 87.4 cm³/mol. The van der Waals surface area contributed by atoms with Gasteiger partial charge in [-0.05, 0) is 30.9 Å². The standard InChI is InChI=1S/C14H18Cl2N2O2.ClH/c15-11-3-1-2-10(12(11)16)4-7-18-13(19)14(17)5-8-20-9-6-14;/h1-3H,4-9,17H2,(H,18,19);1H. The molecule has 0 aromatic heterocycles. The fourth-order valence-corrected chi connectivity index (χ4v) is 2.61. The van der Waals surface area contributed by atoms with E-state index in [2.05, 4.69) is 5.32 Å². The second-order valence-corrected chi connectivity index (χ2v) is 5.77. The fourth-order valence-electron chi connectivity index (χ4n) is 2.19. The number of carbonyl (C=O) groups is 1. The number of ether oxygens (including phenoxy) is 1. The summed E-state index contributed by atoms with van der Waals surface area (Å²) in [7, 11) is 0. The number of nitrogens with two attached hydrogens (primary N) is 1. The van der Waals surface area contributed by atoms with E-state index < -0.39 is 5.54 Å². The van der Waals surface area contributed by atoms with Gasteiger partial charge in [-0.1, -0.05) is 35.3 Å². The van der Waals surface area contributed by atoms with Crippen molar-refractivity contribution in [3.63, 3.8) is 0 Å². The van der Waals surface area contributed by atoms with Gasteiger partial charge in [0.2, 0.25) is 5.91 Å². The zero-order chi connectivity index (χ0) is 14.6. The molecular formula is C14H19Cl3N2O2. The molecule has 1 heterocycles. The van der Waals surface area contributed by atoms with Gasteiger partial charge in [0.05, 0.1) is 15.6 Å². The second kappa shape index (κ2) is 8.20. The van der Waals surface area contributed by atoms with E-state index in [0.29, 0.717) is 49.1 Å². The van der Waals surface area contributed by atoms with Crippen LogP contribution in [0.5, 0.6) is 0 Å². The van der Waals surface area contributed by atoms with E-state index in [1.807, 2.05) is 12.1 Å². The normalized spacial score (nSPS) is 16.9. The Bertz CT molecular complexity index is 491. The molecule has 1 aromatic rings. The number of hydrogen-bond donors (Lipinski definition) is 2. The topological polar surface area (TPSA) is 64.4 Å². The van der Waals surface area contributed by atoms with Crippen LogP contribution in [0.2, 0.25) is 10.0 Å². The number of rotatable bonds is 4. The highest BCUT2D eigenvalue weighted by atomic mass is 35.5. The van der Waals surface area contributed by atoms with E-state index >= 15 is 0 Å². The maximum atomic E-state index is 12.1. The Morgan fingerprint density at radius 3 is 2.67 bits per heavy atom. The van der Waals surface area contributed by atoms with Crippen molar-refractivity contribution in [1.29, 1.82) is 0 Å². The van der Waals surface area contributed by atoms with Crippen molar-refractivity contribution >= 4 is 41.5 Å². The first-order valence-electron chi connectivity index (χ1n) is 6.61. The van der Waals surface area contributed by atoms with E-state index in [4.69, 9.17) is 33.7 Å². The van der Waals surface area contributed by atoms with Crippen molar-refractivity contribution in [3.8, 4) is 0 Å². The van der Waals surface area contributed by atoms with E-state index in [1.54, 1.807) is 6.07 Å². The monoisotopic (exact) mass is 352 g/mol. The zero-order valence-electron chi connectivity index (χ0n) is 11.5. The SMILES string of the molecule is Cl.NC1(C(=O)NCCc2cccc(Cl)c2Cl)CCOCC1. The molecule has 1 aromatic carbocycles. The van der Waals surface area contributed by atoms with Gasteiger partial charge in [0.15, 0.2) is 0 Å². The van der Waals surface area contributed by atoms with Gasteiger partial charge >= 0.3 is 0 Å². The van der Waals surface area contributed by atoms with Crippen molar-refractivity contribution in [2.45, 2.75) is 24.8 Å². The molecule has 1 aliphatic rings. The number of halogens is 3. The smallest absolute Gasteiger partial charge is 0.240 e. The van der Waals surface area contributed by atoms with Gasteiger partial charge in [-0.25, -0.2) is 0 Å². The van der Waals surface area contributed by atoms with Gasteiger partial charge in [-0.15, -0.1) is 12.4 Å². The van der Waals surface area contributed by atoms with Crippen molar-refractivity contribution in [2.24, 2.45) is 5.73 Å². The van der Waals surface area contributed by atoms with Gasteiger partial charge in [0.1, 0.15) is 0 Å². The van der Waals surface area contributed by atoms with E-state index in [1.165, 1.54) is 0 Å². The van der Waals surface area contributed by atoms with E-state index in [9.17, 15) is 4.79 Å². The number of carbonyl (C=O) groups excluding carboxylic acids is 1. The maximum Gasteiger partial charge on any atom is 0.240 e. The van der Waals surface area contributed by atoms with Gasteiger partial charge < -0.3 is 15.8 Å². The van der Waals surface area contributed by atoms with Crippen molar-refractivity contribution in [3.05, 3.63) is 33.8 Å². The lowest BCUT2D eigenvalue weighted by Crippen LogP contribution is -2.57. The van der Waals surface area contributed by atoms with Gasteiger partial charge in [0, 0.05) is 19.8 Å². The highest BCUT2D eigenvalue weighted by molar-refractivity contribution is 6.42. The van der Waals surface area contributed by atoms with Crippen molar-refractivity contribution in [2.75, 3.05) is 19.8 Å². The molecule has 0 aliphatic carbocycles. The Morgan fingerprint density at radius 1 is 1.33 bits per heavy atom. The van der Waals surface area contributed by atoms with Crippen LogP contribution in [0.4, 0.5) is 0 Å². The lowest BCUT2D eigenvalue weighted by Gasteiger charge is -2.31. The molecule has 1 saturated heterocycles. The summed E-state index contributed by atoms with van der Waals surface area (Å²) in [5.74, 6) is -0.126. The first-order valence-corrected chi connectivity index (χ1v) is 7.36. The summed E-state index contributed by atoms with van der Waals surface area (Å²) in [6, 6.07) is 5.48. The molecule has 118 valence electrons. The molecule has 3 N–H and O–H groups in total. The van der Waals surface area contributed by atoms with Gasteiger partial charge in [0.25, 0.3) is 0 Å². The minimum atomic E-state index is -0.809. The van der Waals surface area contributed by atoms with Crippen LogP contribution >= 0.6 is 35.6 Å². The molecule has 21 heavy (non-hydrogen) atoms. The minimum absolute atomic E-state index is 0. The van der Waals surface area contributed by atoms with Crippen LogP contribution in [0, 0.1) is 0 Å². The first kappa shape index (κ1) is 18.5. The summed E-state index contributed by atoms with van der Waals surface area (Å²) in [6.07, 6.45) is 1.73. The molecule has 1 fully saturated rings. The summed E-state index contributed by atoms with van der Waals surface area (Å²) in [4.78, 5) is 12.1. The van der Waals surface area contributed by atoms with Crippen LogP contribution in [0.15, 0.2) is 18.2 Å². The summed E-state index contributed by atoms with van der Waals surface area (Å²) >= 11 is 12.0. The zero-order valence-corrected chi connectivity index (χ0v) is 13.9. The largest absolute Gasteiger partial charge is 0.381 e. The summed E-state index contributed by atoms with van der Waals surface area (Å²) < 4.78 is 5.23. The van der Waals surface area contributed by atoms with Crippen LogP contribution < -0.4 is 11.1 Å². The Morgan fingerprint density at radius 2 is 2.00 bits per heavy atom. The quantitative estimate of drug-likeness (QED) is 0.874. The number of benzene rings is 1. The minimum Gasteiger partial charge on any atom is -0.381 e. The average molecular weight is 354 g/mol. The molecular weight excluding hydrogens is 335 g/mol. The van der Waals surface area contributed by atoms with Crippen LogP contribution in [0.1, 0.15) is 18.4 Å². The maximum absolute atomic E-state index is 12.1. The summed E-state index contributed by atoms with van der Waals surface area (Å²) in [6.45, 7) is 1.55. The van der Waals surface area contributed by atoms with Crippen LogP contribution in [0.25, 0.3) is 0 Å². The Balaban J connectivity index is 0.00000220. The Kier molecular flexibility index (Phi) is 7.24. The van der Waals surface area contributed by atoms with Gasteiger partial charge in [-0.3, -0.25) is 4.79 Å². The third-order valence-electron chi connectivity index (χ3n) is 3.55. The molecule has 4 nitrogen and oxygen atoms in total. The van der Waals surface area contributed by atoms with Crippen molar-refractivity contribution in [1.82, 2.24) is 5.32 Å². The number of amides is 1. The molecule has 0 radical (unpaired) electrons. The molecule has 1 aliphatic heterocycles. The molecule has 2 rings (SSSR count). The molecule has 0 spiro atoms. The summed E-state index contributed by atoms with van der Waals surface area (Å²) in [5.41, 5.74) is 6.20. The third-order valence-corrected chi connectivity index (χ3v) is 4.41. The Labute approximate surface area is 140 Å². The van der Waals surface area contributed by atoms with E-state index in [-0.39, 0.29) is 18.3 Å². The lowest BCUT2D eigenvalue weighted by atomic mass is 9.90. The third kappa shape index (κ3) is 4.73. The number of nitrogens with one attached hydrogen (secondary N) is 1. The fraction of sp³-hybridized carbons (Fsp3) is 0.500. The first-order chi connectivity index (χ1) is 9.53. The Hall–Kier alpha value is -0.520. The molecule has 0 saturated carbocycles. The number of hydrogen-bond acceptors (Lipinski definition) is 3. The van der Waals surface area contributed by atoms with Gasteiger partial charge in [-0.2, -0.15) is 0 Å². The highest BCUT2D eigenvalue weighted by Crippen LogP contribution is 2.25. The average Bonchev–Trinajstić information content (AvgIpc) is 2.44. The lowest BCUT2D eigenvalue weighted by molar-refractivity contribution is -0.129. The molecule has 0 atom stereocenters. The molecule has 7 heteroatoms. The molecule has 0 bridgehead atoms. The van der Waals surface area contributed by atoms with E-state index in [0.717, 1.165) is 5.56 Å². The second-order valence-electron chi connectivity index (χ2n) is 4.99. The summed E-state index contributed by atoms with van der Waals surface area (Å²) in [5, 5.41) is 3.93. The van der Waals surface area contributed by atoms with Crippen molar-refractivity contribution < 1.29 is 9.53 Å². The molecule has 0 unspecified atom stereocenters. The molecule has 1 amide bonds.